The van der Waals surface area contributed by atoms with Crippen LogP contribution in [0.4, 0.5) is 0 Å². The van der Waals surface area contributed by atoms with E-state index in [1.54, 1.807) is 0 Å². The largest absolute Gasteiger partial charge is 0.320 e. The molecule has 1 amide bonds. The fourth-order valence-corrected chi connectivity index (χ4v) is 0.303. The van der Waals surface area contributed by atoms with Crippen LogP contribution in [0.25, 0.3) is 0 Å². The molecule has 0 rings (SSSR count). The van der Waals surface area contributed by atoms with E-state index in [4.69, 9.17) is 11.5 Å². The predicted molar refractivity (Wildman–Crippen MR) is 30.9 cm³/mol. The Morgan fingerprint density at radius 1 is 1.62 bits per heavy atom. The third kappa shape index (κ3) is 1.93. The second kappa shape index (κ2) is 2.67. The van der Waals surface area contributed by atoms with Crippen LogP contribution in [0.3, 0.4) is 0 Å². The summed E-state index contributed by atoms with van der Waals surface area (Å²) in [5.74, 6) is -0.597. The lowest BCUT2D eigenvalue weighted by Gasteiger charge is -2.08. The van der Waals surface area contributed by atoms with Gasteiger partial charge in [-0.25, -0.2) is 0 Å². The van der Waals surface area contributed by atoms with E-state index in [2.05, 4.69) is 0 Å². The lowest BCUT2D eigenvalue weighted by atomic mass is 10.1. The van der Waals surface area contributed by atoms with Gasteiger partial charge >= 0.3 is 0 Å². The van der Waals surface area contributed by atoms with E-state index in [1.165, 1.54) is 0 Å². The molecule has 0 heterocycles. The van der Waals surface area contributed by atoms with E-state index in [-0.39, 0.29) is 5.92 Å². The Morgan fingerprint density at radius 2 is 2.00 bits per heavy atom. The van der Waals surface area contributed by atoms with E-state index in [1.807, 2.05) is 13.8 Å². The SMILES string of the molecule is CC(C)[C@@H](N)C([NH])=O. The summed E-state index contributed by atoms with van der Waals surface area (Å²) in [6, 6.07) is -0.602. The van der Waals surface area contributed by atoms with E-state index in [9.17, 15) is 4.79 Å². The molecule has 0 aliphatic carbocycles. The molecule has 1 radical (unpaired) electrons. The Balaban J connectivity index is 3.64. The van der Waals surface area contributed by atoms with Crippen LogP contribution in [0, 0.1) is 5.92 Å². The van der Waals surface area contributed by atoms with Crippen molar-refractivity contribution < 1.29 is 4.79 Å². The van der Waals surface area contributed by atoms with Crippen molar-refractivity contribution in [1.82, 2.24) is 5.73 Å². The molecular weight excluding hydrogens is 104 g/mol. The maximum atomic E-state index is 10.1. The summed E-state index contributed by atoms with van der Waals surface area (Å²) in [5, 5.41) is 0. The number of nitrogens with two attached hydrogens (primary N) is 1. The highest BCUT2D eigenvalue weighted by atomic mass is 16.1. The van der Waals surface area contributed by atoms with Gasteiger partial charge < -0.3 is 5.73 Å². The lowest BCUT2D eigenvalue weighted by Crippen LogP contribution is -2.35. The van der Waals surface area contributed by atoms with Crippen LogP contribution >= 0.6 is 0 Å². The summed E-state index contributed by atoms with van der Waals surface area (Å²) in [4.78, 5) is 10.1. The van der Waals surface area contributed by atoms with Gasteiger partial charge in [0.25, 0.3) is 5.91 Å². The Bertz CT molecular complexity index is 90.4. The van der Waals surface area contributed by atoms with Gasteiger partial charge in [-0.2, -0.15) is 0 Å². The van der Waals surface area contributed by atoms with Crippen molar-refractivity contribution in [2.24, 2.45) is 11.7 Å². The molecule has 47 valence electrons. The summed E-state index contributed by atoms with van der Waals surface area (Å²) < 4.78 is 0. The summed E-state index contributed by atoms with van der Waals surface area (Å²) >= 11 is 0. The first kappa shape index (κ1) is 7.43. The third-order valence-corrected chi connectivity index (χ3v) is 1.02. The predicted octanol–water partition coefficient (Wildman–Crippen LogP) is -0.221. The van der Waals surface area contributed by atoms with Gasteiger partial charge in [0.05, 0.1) is 6.04 Å². The molecule has 0 aliphatic heterocycles. The Kier molecular flexibility index (Phi) is 2.48. The normalized spacial score (nSPS) is 14.0. The summed E-state index contributed by atoms with van der Waals surface area (Å²) in [7, 11) is 0. The van der Waals surface area contributed by atoms with E-state index < -0.39 is 11.9 Å². The molecule has 3 N–H and O–H groups in total. The fraction of sp³-hybridized carbons (Fsp3) is 0.800. The smallest absolute Gasteiger partial charge is 0.255 e. The quantitative estimate of drug-likeness (QED) is 0.540. The van der Waals surface area contributed by atoms with Crippen LogP contribution in [-0.4, -0.2) is 11.9 Å². The minimum absolute atomic E-state index is 0.0833. The van der Waals surface area contributed by atoms with Crippen LogP contribution in [-0.2, 0) is 4.79 Å². The van der Waals surface area contributed by atoms with Gasteiger partial charge in [0.15, 0.2) is 0 Å². The first-order valence-electron chi connectivity index (χ1n) is 2.56. The molecule has 0 unspecified atom stereocenters. The molecular formula is C5H11N2O. The zero-order valence-electron chi connectivity index (χ0n) is 5.14. The summed E-state index contributed by atoms with van der Waals surface area (Å²) in [6.45, 7) is 3.63. The molecule has 0 aromatic carbocycles. The van der Waals surface area contributed by atoms with E-state index in [0.29, 0.717) is 0 Å². The molecule has 3 heteroatoms. The van der Waals surface area contributed by atoms with Gasteiger partial charge in [0, 0.05) is 0 Å². The fourth-order valence-electron chi connectivity index (χ4n) is 0.303. The van der Waals surface area contributed by atoms with Crippen LogP contribution < -0.4 is 11.5 Å². The van der Waals surface area contributed by atoms with Gasteiger partial charge in [-0.3, -0.25) is 10.5 Å². The number of hydrogen-bond donors (Lipinski definition) is 1. The molecule has 0 aromatic rings. The molecule has 0 saturated heterocycles. The first-order chi connectivity index (χ1) is 3.55. The molecule has 0 bridgehead atoms. The van der Waals surface area contributed by atoms with Gasteiger partial charge in [0.2, 0.25) is 0 Å². The van der Waals surface area contributed by atoms with Crippen LogP contribution in [0.15, 0.2) is 0 Å². The molecule has 3 nitrogen and oxygen atoms in total. The summed E-state index contributed by atoms with van der Waals surface area (Å²) in [6.07, 6.45) is 0. The van der Waals surface area contributed by atoms with Crippen LogP contribution in [0.5, 0.6) is 0 Å². The van der Waals surface area contributed by atoms with Gasteiger partial charge in [-0.05, 0) is 5.92 Å². The number of amides is 1. The van der Waals surface area contributed by atoms with Crippen LogP contribution in [0.1, 0.15) is 13.8 Å². The molecule has 0 fully saturated rings. The zero-order chi connectivity index (χ0) is 6.73. The first-order valence-corrected chi connectivity index (χ1v) is 2.56. The van der Waals surface area contributed by atoms with Crippen molar-refractivity contribution in [3.05, 3.63) is 0 Å². The molecule has 0 aliphatic rings. The molecule has 0 saturated carbocycles. The number of rotatable bonds is 2. The monoisotopic (exact) mass is 115 g/mol. The van der Waals surface area contributed by atoms with Gasteiger partial charge in [-0.15, -0.1) is 0 Å². The standard InChI is InChI=1S/C5H11N2O/c1-3(2)4(6)5(7)8/h3-4,7H,6H2,1-2H3/t4-/m1/s1. The van der Waals surface area contributed by atoms with Crippen molar-refractivity contribution in [2.45, 2.75) is 19.9 Å². The number of carbonyl (C=O) groups is 1. The Morgan fingerprint density at radius 3 is 2.00 bits per heavy atom. The minimum atomic E-state index is -0.681. The van der Waals surface area contributed by atoms with Crippen LogP contribution in [0.2, 0.25) is 0 Å². The highest BCUT2D eigenvalue weighted by Crippen LogP contribution is 1.95. The Labute approximate surface area is 49.0 Å². The van der Waals surface area contributed by atoms with Crippen molar-refractivity contribution >= 4 is 5.91 Å². The number of nitrogens with one attached hydrogen (secondary N) is 1. The topological polar surface area (TPSA) is 66.9 Å². The molecule has 1 atom stereocenters. The van der Waals surface area contributed by atoms with Crippen molar-refractivity contribution in [3.63, 3.8) is 0 Å². The molecule has 8 heavy (non-hydrogen) atoms. The van der Waals surface area contributed by atoms with Crippen molar-refractivity contribution in [3.8, 4) is 0 Å². The third-order valence-electron chi connectivity index (χ3n) is 1.02. The molecule has 0 aromatic heterocycles. The zero-order valence-corrected chi connectivity index (χ0v) is 5.14. The van der Waals surface area contributed by atoms with Gasteiger partial charge in [-0.1, -0.05) is 13.8 Å². The van der Waals surface area contributed by atoms with Gasteiger partial charge in [0.1, 0.15) is 0 Å². The second-order valence-electron chi connectivity index (χ2n) is 2.13. The van der Waals surface area contributed by atoms with E-state index >= 15 is 0 Å². The van der Waals surface area contributed by atoms with Crippen molar-refractivity contribution in [2.75, 3.05) is 0 Å². The maximum absolute atomic E-state index is 10.1. The summed E-state index contributed by atoms with van der Waals surface area (Å²) in [5.41, 5.74) is 11.8. The molecule has 0 spiro atoms. The van der Waals surface area contributed by atoms with Crippen molar-refractivity contribution in [1.29, 1.82) is 0 Å². The average Bonchev–Trinajstić information content (AvgIpc) is 1.64. The number of carbonyl (C=O) groups excluding carboxylic acids is 1. The maximum Gasteiger partial charge on any atom is 0.255 e. The second-order valence-corrected chi connectivity index (χ2v) is 2.13. The minimum Gasteiger partial charge on any atom is -0.320 e. The average molecular weight is 115 g/mol. The lowest BCUT2D eigenvalue weighted by molar-refractivity contribution is -0.120. The Hall–Kier alpha value is -0.570. The number of hydrogen-bond acceptors (Lipinski definition) is 2. The van der Waals surface area contributed by atoms with E-state index in [0.717, 1.165) is 0 Å². The highest BCUT2D eigenvalue weighted by molar-refractivity contribution is 5.78. The highest BCUT2D eigenvalue weighted by Gasteiger charge is 2.12.